The van der Waals surface area contributed by atoms with Gasteiger partial charge in [-0.3, -0.25) is 9.69 Å². The Balaban J connectivity index is 1.65. The quantitative estimate of drug-likeness (QED) is 0.495. The minimum atomic E-state index is -1.20. The Hall–Kier alpha value is -2.47. The molecule has 0 bridgehead atoms. The standard InChI is InChI=1S/C25H22Cl2F2N2O/c1-25(24(30)32,17-10-21(28)12-22(29)11-17)18-13-31(14-18)23(15-2-6-19(26)7-3-15)16-4-8-20(27)9-5-16/h2-12,18,23H,13-14H2,1H3,(H2,30,32). The van der Waals surface area contributed by atoms with Crippen LogP contribution in [0.4, 0.5) is 8.78 Å². The molecule has 0 saturated carbocycles. The second kappa shape index (κ2) is 8.81. The summed E-state index contributed by atoms with van der Waals surface area (Å²) in [5.74, 6) is -2.28. The number of primary amides is 1. The van der Waals surface area contributed by atoms with Crippen molar-refractivity contribution in [1.82, 2.24) is 4.90 Å². The van der Waals surface area contributed by atoms with Gasteiger partial charge in [0.25, 0.3) is 0 Å². The maximum Gasteiger partial charge on any atom is 0.228 e. The van der Waals surface area contributed by atoms with E-state index in [1.54, 1.807) is 6.92 Å². The first kappa shape index (κ1) is 22.7. The van der Waals surface area contributed by atoms with E-state index >= 15 is 0 Å². The van der Waals surface area contributed by atoms with E-state index in [1.807, 2.05) is 48.5 Å². The Morgan fingerprint density at radius 1 is 0.938 bits per heavy atom. The number of carbonyl (C=O) groups is 1. The first-order valence-corrected chi connectivity index (χ1v) is 11.0. The fraction of sp³-hybridized carbons (Fsp3) is 0.240. The van der Waals surface area contributed by atoms with Crippen LogP contribution in [0.5, 0.6) is 0 Å². The van der Waals surface area contributed by atoms with Crippen molar-refractivity contribution >= 4 is 29.1 Å². The van der Waals surface area contributed by atoms with Crippen molar-refractivity contribution in [1.29, 1.82) is 0 Å². The van der Waals surface area contributed by atoms with E-state index in [2.05, 4.69) is 4.90 Å². The van der Waals surface area contributed by atoms with Crippen LogP contribution in [0.2, 0.25) is 10.0 Å². The molecule has 1 unspecified atom stereocenters. The normalized spacial score (nSPS) is 16.6. The van der Waals surface area contributed by atoms with Crippen molar-refractivity contribution in [2.75, 3.05) is 13.1 Å². The summed E-state index contributed by atoms with van der Waals surface area (Å²) in [4.78, 5) is 14.7. The van der Waals surface area contributed by atoms with Crippen molar-refractivity contribution in [3.05, 3.63) is 105 Å². The highest BCUT2D eigenvalue weighted by atomic mass is 35.5. The van der Waals surface area contributed by atoms with Crippen LogP contribution >= 0.6 is 23.2 Å². The maximum atomic E-state index is 13.9. The molecule has 2 N–H and O–H groups in total. The molecule has 4 rings (SSSR count). The fourth-order valence-corrected chi connectivity index (χ4v) is 4.68. The summed E-state index contributed by atoms with van der Waals surface area (Å²) in [5, 5.41) is 1.28. The summed E-state index contributed by atoms with van der Waals surface area (Å²) < 4.78 is 27.8. The lowest BCUT2D eigenvalue weighted by Gasteiger charge is -2.51. The van der Waals surface area contributed by atoms with E-state index < -0.39 is 23.0 Å². The lowest BCUT2D eigenvalue weighted by molar-refractivity contribution is -0.128. The van der Waals surface area contributed by atoms with Crippen LogP contribution in [0.1, 0.15) is 29.7 Å². The molecule has 1 aliphatic heterocycles. The van der Waals surface area contributed by atoms with E-state index in [1.165, 1.54) is 12.1 Å². The number of hydrogen-bond acceptors (Lipinski definition) is 2. The Kier molecular flexibility index (Phi) is 6.26. The third kappa shape index (κ3) is 4.25. The molecule has 1 amide bonds. The van der Waals surface area contributed by atoms with Crippen molar-refractivity contribution < 1.29 is 13.6 Å². The molecule has 3 aromatic rings. The number of amides is 1. The van der Waals surface area contributed by atoms with Crippen molar-refractivity contribution in [3.63, 3.8) is 0 Å². The van der Waals surface area contributed by atoms with Gasteiger partial charge < -0.3 is 5.73 Å². The molecule has 166 valence electrons. The molecule has 0 spiro atoms. The van der Waals surface area contributed by atoms with Gasteiger partial charge in [0, 0.05) is 35.1 Å². The first-order chi connectivity index (χ1) is 15.2. The van der Waals surface area contributed by atoms with Gasteiger partial charge in [0.1, 0.15) is 11.6 Å². The van der Waals surface area contributed by atoms with Crippen LogP contribution < -0.4 is 5.73 Å². The van der Waals surface area contributed by atoms with Gasteiger partial charge in [-0.25, -0.2) is 8.78 Å². The highest BCUT2D eigenvalue weighted by molar-refractivity contribution is 6.30. The van der Waals surface area contributed by atoms with Crippen LogP contribution in [0.15, 0.2) is 66.7 Å². The van der Waals surface area contributed by atoms with E-state index in [0.29, 0.717) is 23.1 Å². The Morgan fingerprint density at radius 3 is 1.78 bits per heavy atom. The summed E-state index contributed by atoms with van der Waals surface area (Å²) in [6, 6.07) is 18.2. The van der Waals surface area contributed by atoms with Crippen molar-refractivity contribution in [3.8, 4) is 0 Å². The number of likely N-dealkylation sites (tertiary alicyclic amines) is 1. The zero-order valence-corrected chi connectivity index (χ0v) is 18.9. The van der Waals surface area contributed by atoms with Crippen LogP contribution in [-0.2, 0) is 10.2 Å². The highest BCUT2D eigenvalue weighted by Crippen LogP contribution is 2.43. The number of benzene rings is 3. The Morgan fingerprint density at radius 2 is 1.38 bits per heavy atom. The molecule has 1 atom stereocenters. The second-order valence-corrected chi connectivity index (χ2v) is 9.25. The molecule has 1 aliphatic rings. The first-order valence-electron chi connectivity index (χ1n) is 10.2. The summed E-state index contributed by atoms with van der Waals surface area (Å²) in [7, 11) is 0. The lowest BCUT2D eigenvalue weighted by Crippen LogP contribution is -2.60. The van der Waals surface area contributed by atoms with E-state index in [-0.39, 0.29) is 17.5 Å². The van der Waals surface area contributed by atoms with Crippen molar-refractivity contribution in [2.45, 2.75) is 18.4 Å². The van der Waals surface area contributed by atoms with Crippen LogP contribution in [-0.4, -0.2) is 23.9 Å². The predicted molar refractivity (Wildman–Crippen MR) is 123 cm³/mol. The number of hydrogen-bond donors (Lipinski definition) is 1. The highest BCUT2D eigenvalue weighted by Gasteiger charge is 2.49. The van der Waals surface area contributed by atoms with Gasteiger partial charge in [0.15, 0.2) is 0 Å². The molecule has 3 aromatic carbocycles. The summed E-state index contributed by atoms with van der Waals surface area (Å²) in [6.07, 6.45) is 0. The zero-order valence-electron chi connectivity index (χ0n) is 17.4. The Bertz CT molecular complexity index is 1070. The molecular weight excluding hydrogens is 453 g/mol. The topological polar surface area (TPSA) is 46.3 Å². The molecule has 0 radical (unpaired) electrons. The summed E-state index contributed by atoms with van der Waals surface area (Å²) in [6.45, 7) is 2.70. The fourth-order valence-electron chi connectivity index (χ4n) is 4.43. The second-order valence-electron chi connectivity index (χ2n) is 8.38. The van der Waals surface area contributed by atoms with E-state index in [0.717, 1.165) is 17.2 Å². The molecular formula is C25H22Cl2F2N2O. The van der Waals surface area contributed by atoms with Crippen molar-refractivity contribution in [2.24, 2.45) is 11.7 Å². The predicted octanol–water partition coefficient (Wildman–Crippen LogP) is 5.74. The smallest absolute Gasteiger partial charge is 0.228 e. The lowest BCUT2D eigenvalue weighted by atomic mass is 9.67. The average Bonchev–Trinajstić information content (AvgIpc) is 2.71. The number of nitrogens with zero attached hydrogens (tertiary/aromatic N) is 1. The van der Waals surface area contributed by atoms with Gasteiger partial charge in [0.2, 0.25) is 5.91 Å². The van der Waals surface area contributed by atoms with Gasteiger partial charge in [-0.05, 0) is 60.0 Å². The molecule has 0 aromatic heterocycles. The van der Waals surface area contributed by atoms with Gasteiger partial charge in [0.05, 0.1) is 11.5 Å². The van der Waals surface area contributed by atoms with Crippen LogP contribution in [0, 0.1) is 17.6 Å². The van der Waals surface area contributed by atoms with Gasteiger partial charge >= 0.3 is 0 Å². The van der Waals surface area contributed by atoms with Gasteiger partial charge in [-0.15, -0.1) is 0 Å². The SMILES string of the molecule is CC(C(N)=O)(c1cc(F)cc(F)c1)C1CN(C(c2ccc(Cl)cc2)c2ccc(Cl)cc2)C1. The third-order valence-electron chi connectivity index (χ3n) is 6.44. The minimum absolute atomic E-state index is 0.0952. The molecule has 32 heavy (non-hydrogen) atoms. The Labute approximate surface area is 195 Å². The minimum Gasteiger partial charge on any atom is -0.369 e. The number of carbonyl (C=O) groups excluding carboxylic acids is 1. The van der Waals surface area contributed by atoms with E-state index in [9.17, 15) is 13.6 Å². The molecule has 1 fully saturated rings. The average molecular weight is 475 g/mol. The molecule has 3 nitrogen and oxygen atoms in total. The number of rotatable bonds is 6. The monoisotopic (exact) mass is 474 g/mol. The van der Waals surface area contributed by atoms with Crippen LogP contribution in [0.25, 0.3) is 0 Å². The zero-order chi connectivity index (χ0) is 23.0. The van der Waals surface area contributed by atoms with Gasteiger partial charge in [-0.2, -0.15) is 0 Å². The van der Waals surface area contributed by atoms with Crippen LogP contribution in [0.3, 0.4) is 0 Å². The third-order valence-corrected chi connectivity index (χ3v) is 6.94. The maximum absolute atomic E-state index is 13.9. The summed E-state index contributed by atoms with van der Waals surface area (Å²) in [5.41, 5.74) is 6.88. The number of nitrogens with two attached hydrogens (primary N) is 1. The molecule has 0 aliphatic carbocycles. The van der Waals surface area contributed by atoms with E-state index in [4.69, 9.17) is 28.9 Å². The molecule has 7 heteroatoms. The summed E-state index contributed by atoms with van der Waals surface area (Å²) >= 11 is 12.2. The van der Waals surface area contributed by atoms with Gasteiger partial charge in [-0.1, -0.05) is 47.5 Å². The molecule has 1 heterocycles. The molecule has 1 saturated heterocycles. The number of halogens is 4. The largest absolute Gasteiger partial charge is 0.369 e.